The molecular weight excluding hydrogens is 276 g/mol. The van der Waals surface area contributed by atoms with Crippen molar-refractivity contribution in [1.82, 2.24) is 10.0 Å². The topological polar surface area (TPSA) is 40.6 Å². The average Bonchev–Trinajstić information content (AvgIpc) is 3.23. The monoisotopic (exact) mass is 298 g/mol. The van der Waals surface area contributed by atoms with Crippen molar-refractivity contribution >= 4 is 11.8 Å². The van der Waals surface area contributed by atoms with Gasteiger partial charge in [0.15, 0.2) is 0 Å². The van der Waals surface area contributed by atoms with Crippen LogP contribution in [0.3, 0.4) is 0 Å². The number of hydrogen-bond acceptors (Lipinski definition) is 2. The third-order valence-corrected chi connectivity index (χ3v) is 4.60. The fourth-order valence-corrected chi connectivity index (χ4v) is 3.19. The van der Waals surface area contributed by atoms with Crippen LogP contribution < -0.4 is 0 Å². The molecule has 2 amide bonds. The molecule has 22 heavy (non-hydrogen) atoms. The van der Waals surface area contributed by atoms with Crippen molar-refractivity contribution in [1.29, 1.82) is 0 Å². The zero-order valence-corrected chi connectivity index (χ0v) is 12.8. The second-order valence-electron chi connectivity index (χ2n) is 6.07. The number of benzene rings is 1. The molecule has 4 nitrogen and oxygen atoms in total. The minimum atomic E-state index is -0.400. The smallest absolute Gasteiger partial charge is 0.251 e. The molecule has 4 heteroatoms. The number of amides is 2. The number of carbonyl (C=O) groups excluding carboxylic acids is 2. The van der Waals surface area contributed by atoms with E-state index in [1.807, 2.05) is 30.3 Å². The van der Waals surface area contributed by atoms with Gasteiger partial charge in [-0.25, -0.2) is 0 Å². The Kier molecular flexibility index (Phi) is 4.01. The first-order chi connectivity index (χ1) is 10.7. The van der Waals surface area contributed by atoms with Crippen LogP contribution in [0.25, 0.3) is 0 Å². The zero-order valence-electron chi connectivity index (χ0n) is 12.8. The molecule has 0 spiro atoms. The van der Waals surface area contributed by atoms with E-state index in [0.717, 1.165) is 24.8 Å². The number of hydrazine groups is 1. The molecule has 0 bridgehead atoms. The molecule has 1 heterocycles. The average molecular weight is 298 g/mol. The van der Waals surface area contributed by atoms with E-state index in [9.17, 15) is 9.59 Å². The van der Waals surface area contributed by atoms with Crippen molar-refractivity contribution in [2.75, 3.05) is 13.1 Å². The summed E-state index contributed by atoms with van der Waals surface area (Å²) in [5.41, 5.74) is 0.674. The van der Waals surface area contributed by atoms with Gasteiger partial charge in [-0.15, -0.1) is 6.58 Å². The highest BCUT2D eigenvalue weighted by Gasteiger charge is 2.54. The minimum Gasteiger partial charge on any atom is -0.273 e. The van der Waals surface area contributed by atoms with Gasteiger partial charge in [-0.1, -0.05) is 36.4 Å². The molecule has 2 fully saturated rings. The summed E-state index contributed by atoms with van der Waals surface area (Å²) >= 11 is 0. The van der Waals surface area contributed by atoms with Gasteiger partial charge in [0.2, 0.25) is 5.91 Å². The van der Waals surface area contributed by atoms with Crippen LogP contribution in [-0.2, 0) is 15.0 Å². The zero-order chi connectivity index (χ0) is 15.6. The maximum absolute atomic E-state index is 13.0. The van der Waals surface area contributed by atoms with Crippen LogP contribution >= 0.6 is 0 Å². The molecule has 2 aliphatic rings. The van der Waals surface area contributed by atoms with Crippen LogP contribution in [0.15, 0.2) is 43.0 Å². The van der Waals surface area contributed by atoms with E-state index in [0.29, 0.717) is 25.9 Å². The predicted molar refractivity (Wildman–Crippen MR) is 84.8 cm³/mol. The Balaban J connectivity index is 1.77. The van der Waals surface area contributed by atoms with Crippen molar-refractivity contribution < 1.29 is 9.59 Å². The summed E-state index contributed by atoms with van der Waals surface area (Å²) in [6.07, 6.45) is 5.43. The molecule has 1 aliphatic carbocycles. The largest absolute Gasteiger partial charge is 0.273 e. The number of hydrogen-bond donors (Lipinski definition) is 0. The van der Waals surface area contributed by atoms with Crippen LogP contribution in [0.1, 0.15) is 37.7 Å². The Morgan fingerprint density at radius 1 is 1.14 bits per heavy atom. The number of rotatable bonds is 5. The van der Waals surface area contributed by atoms with Crippen molar-refractivity contribution in [2.45, 2.75) is 37.5 Å². The number of allylic oxidation sites excluding steroid dienone is 1. The fraction of sp³-hybridized carbons (Fsp3) is 0.444. The molecule has 0 unspecified atom stereocenters. The molecular formula is C18H22N2O2. The van der Waals surface area contributed by atoms with E-state index in [-0.39, 0.29) is 11.8 Å². The lowest BCUT2D eigenvalue weighted by molar-refractivity contribution is -0.159. The van der Waals surface area contributed by atoms with E-state index < -0.39 is 5.41 Å². The summed E-state index contributed by atoms with van der Waals surface area (Å²) < 4.78 is 0. The van der Waals surface area contributed by atoms with Crippen LogP contribution in [0.5, 0.6) is 0 Å². The van der Waals surface area contributed by atoms with Gasteiger partial charge in [-0.05, 0) is 31.2 Å². The molecule has 0 atom stereocenters. The van der Waals surface area contributed by atoms with Crippen molar-refractivity contribution in [3.63, 3.8) is 0 Å². The molecule has 0 N–H and O–H groups in total. The summed E-state index contributed by atoms with van der Waals surface area (Å²) in [5.74, 6) is 0.109. The Morgan fingerprint density at radius 3 is 2.45 bits per heavy atom. The maximum Gasteiger partial charge on any atom is 0.251 e. The Labute approximate surface area is 131 Å². The van der Waals surface area contributed by atoms with E-state index in [1.165, 1.54) is 0 Å². The van der Waals surface area contributed by atoms with Crippen molar-refractivity contribution in [2.24, 2.45) is 0 Å². The van der Waals surface area contributed by atoms with Gasteiger partial charge < -0.3 is 0 Å². The molecule has 116 valence electrons. The van der Waals surface area contributed by atoms with Crippen molar-refractivity contribution in [3.05, 3.63) is 48.6 Å². The Morgan fingerprint density at radius 2 is 1.82 bits per heavy atom. The van der Waals surface area contributed by atoms with Gasteiger partial charge in [0.05, 0.1) is 5.41 Å². The quantitative estimate of drug-likeness (QED) is 0.784. The number of nitrogens with zero attached hydrogens (tertiary/aromatic N) is 2. The van der Waals surface area contributed by atoms with Gasteiger partial charge in [-0.3, -0.25) is 19.6 Å². The lowest BCUT2D eigenvalue weighted by Gasteiger charge is -2.31. The normalized spacial score (nSPS) is 19.1. The van der Waals surface area contributed by atoms with Crippen LogP contribution in [-0.4, -0.2) is 34.9 Å². The van der Waals surface area contributed by atoms with Gasteiger partial charge in [0, 0.05) is 19.5 Å². The first-order valence-corrected chi connectivity index (χ1v) is 7.98. The molecule has 1 saturated heterocycles. The highest BCUT2D eigenvalue weighted by Crippen LogP contribution is 2.50. The molecule has 1 aliphatic heterocycles. The maximum atomic E-state index is 13.0. The van der Waals surface area contributed by atoms with E-state index in [4.69, 9.17) is 0 Å². The first kappa shape index (κ1) is 14.8. The molecule has 0 aromatic heterocycles. The Hall–Kier alpha value is -2.10. The third kappa shape index (κ3) is 2.54. The standard InChI is InChI=1S/C18H22N2O2/c1-2-3-10-16(21)19-13-7-14-20(19)17(22)18(11-12-18)15-8-5-4-6-9-15/h2,4-6,8-9H,1,3,7,10-14H2. The summed E-state index contributed by atoms with van der Waals surface area (Å²) in [7, 11) is 0. The fourth-order valence-electron chi connectivity index (χ4n) is 3.19. The lowest BCUT2D eigenvalue weighted by Crippen LogP contribution is -2.48. The van der Waals surface area contributed by atoms with E-state index in [1.54, 1.807) is 16.1 Å². The predicted octanol–water partition coefficient (Wildman–Crippen LogP) is 2.66. The SMILES string of the molecule is C=CCCC(=O)N1CCCN1C(=O)C1(c2ccccc2)CC1. The lowest BCUT2D eigenvalue weighted by atomic mass is 9.95. The second kappa shape index (κ2) is 5.95. The minimum absolute atomic E-state index is 0.0228. The van der Waals surface area contributed by atoms with Gasteiger partial charge in [0.25, 0.3) is 5.91 Å². The van der Waals surface area contributed by atoms with Crippen LogP contribution in [0.4, 0.5) is 0 Å². The molecule has 1 aromatic rings. The highest BCUT2D eigenvalue weighted by molar-refractivity contribution is 5.93. The van der Waals surface area contributed by atoms with Gasteiger partial charge in [-0.2, -0.15) is 0 Å². The number of carbonyl (C=O) groups is 2. The summed E-state index contributed by atoms with van der Waals surface area (Å²) in [5, 5.41) is 3.33. The van der Waals surface area contributed by atoms with Gasteiger partial charge >= 0.3 is 0 Å². The first-order valence-electron chi connectivity index (χ1n) is 7.98. The van der Waals surface area contributed by atoms with E-state index >= 15 is 0 Å². The summed E-state index contributed by atoms with van der Waals surface area (Å²) in [6, 6.07) is 9.94. The van der Waals surface area contributed by atoms with Crippen LogP contribution in [0.2, 0.25) is 0 Å². The highest BCUT2D eigenvalue weighted by atomic mass is 16.2. The molecule has 1 saturated carbocycles. The third-order valence-electron chi connectivity index (χ3n) is 4.60. The molecule has 0 radical (unpaired) electrons. The van der Waals surface area contributed by atoms with Gasteiger partial charge in [0.1, 0.15) is 0 Å². The Bertz CT molecular complexity index is 578. The second-order valence-corrected chi connectivity index (χ2v) is 6.07. The molecule has 1 aromatic carbocycles. The summed E-state index contributed by atoms with van der Waals surface area (Å²) in [4.78, 5) is 25.3. The van der Waals surface area contributed by atoms with Crippen LogP contribution in [0, 0.1) is 0 Å². The van der Waals surface area contributed by atoms with E-state index in [2.05, 4.69) is 6.58 Å². The van der Waals surface area contributed by atoms with Crippen molar-refractivity contribution in [3.8, 4) is 0 Å². The summed E-state index contributed by atoms with van der Waals surface area (Å²) in [6.45, 7) is 4.94. The molecule has 3 rings (SSSR count).